The Morgan fingerprint density at radius 3 is 2.22 bits per heavy atom. The molecule has 0 heterocycles. The van der Waals surface area contributed by atoms with E-state index in [-0.39, 0.29) is 6.04 Å². The third-order valence-electron chi connectivity index (χ3n) is 3.19. The molecule has 3 heteroatoms. The highest BCUT2D eigenvalue weighted by Gasteiger charge is 2.11. The third kappa shape index (κ3) is 2.77. The van der Waals surface area contributed by atoms with Gasteiger partial charge in [-0.3, -0.25) is 0 Å². The monoisotopic (exact) mass is 323 g/mol. The van der Waals surface area contributed by atoms with E-state index in [9.17, 15) is 0 Å². The first-order valence-corrected chi connectivity index (χ1v) is 6.94. The molecule has 0 amide bonds. The molecule has 1 unspecified atom stereocenters. The summed E-state index contributed by atoms with van der Waals surface area (Å²) in [7, 11) is 0. The van der Waals surface area contributed by atoms with Crippen LogP contribution in [0.4, 0.5) is 0 Å². The van der Waals surface area contributed by atoms with Gasteiger partial charge in [-0.25, -0.2) is 0 Å². The minimum Gasteiger partial charge on any atom is -0.320 e. The summed E-state index contributed by atoms with van der Waals surface area (Å²) in [4.78, 5) is 0. The molecule has 0 spiro atoms. The minimum absolute atomic E-state index is 0.144. The molecule has 2 aromatic rings. The Morgan fingerprint density at radius 2 is 1.61 bits per heavy atom. The molecule has 1 atom stereocenters. The summed E-state index contributed by atoms with van der Waals surface area (Å²) in [6.07, 6.45) is 0. The van der Waals surface area contributed by atoms with Crippen molar-refractivity contribution in [3.05, 3.63) is 68.1 Å². The van der Waals surface area contributed by atoms with Crippen molar-refractivity contribution in [3.63, 3.8) is 0 Å². The van der Waals surface area contributed by atoms with Gasteiger partial charge < -0.3 is 5.73 Å². The van der Waals surface area contributed by atoms with E-state index in [2.05, 4.69) is 48.0 Å². The maximum Gasteiger partial charge on any atom is 0.0552 e. The molecule has 0 saturated heterocycles. The van der Waals surface area contributed by atoms with Gasteiger partial charge in [0.2, 0.25) is 0 Å². The molecule has 0 bridgehead atoms. The zero-order chi connectivity index (χ0) is 13.3. The summed E-state index contributed by atoms with van der Waals surface area (Å²) in [6, 6.07) is 12.0. The van der Waals surface area contributed by atoms with Crippen LogP contribution in [0.1, 0.15) is 28.3 Å². The molecule has 0 fully saturated rings. The summed E-state index contributed by atoms with van der Waals surface area (Å²) in [5.74, 6) is 0. The van der Waals surface area contributed by atoms with Gasteiger partial charge in [-0.05, 0) is 64.2 Å². The fourth-order valence-electron chi connectivity index (χ4n) is 1.86. The lowest BCUT2D eigenvalue weighted by atomic mass is 9.96. The highest BCUT2D eigenvalue weighted by molar-refractivity contribution is 9.10. The standard InChI is InChI=1S/C15H15BrClN/c1-9-3-4-11(7-10(9)2)15(18)12-5-6-13(16)14(17)8-12/h3-8,15H,18H2,1-2H3. The highest BCUT2D eigenvalue weighted by Crippen LogP contribution is 2.28. The van der Waals surface area contributed by atoms with Crippen molar-refractivity contribution in [2.24, 2.45) is 5.73 Å². The second-order valence-electron chi connectivity index (χ2n) is 4.49. The van der Waals surface area contributed by atoms with E-state index in [4.69, 9.17) is 17.3 Å². The van der Waals surface area contributed by atoms with Crippen LogP contribution in [0, 0.1) is 13.8 Å². The van der Waals surface area contributed by atoms with Gasteiger partial charge >= 0.3 is 0 Å². The van der Waals surface area contributed by atoms with E-state index >= 15 is 0 Å². The largest absolute Gasteiger partial charge is 0.320 e. The average molecular weight is 325 g/mol. The first-order valence-electron chi connectivity index (χ1n) is 5.76. The molecule has 18 heavy (non-hydrogen) atoms. The van der Waals surface area contributed by atoms with Crippen molar-refractivity contribution in [2.75, 3.05) is 0 Å². The lowest BCUT2D eigenvalue weighted by Crippen LogP contribution is -2.12. The molecule has 0 saturated carbocycles. The Balaban J connectivity index is 2.37. The molecule has 0 aromatic heterocycles. The average Bonchev–Trinajstić information content (AvgIpc) is 2.35. The number of nitrogens with two attached hydrogens (primary N) is 1. The van der Waals surface area contributed by atoms with Gasteiger partial charge in [0.15, 0.2) is 0 Å². The molecule has 2 aromatic carbocycles. The van der Waals surface area contributed by atoms with Crippen LogP contribution >= 0.6 is 27.5 Å². The number of rotatable bonds is 2. The topological polar surface area (TPSA) is 26.0 Å². The molecule has 0 aliphatic heterocycles. The third-order valence-corrected chi connectivity index (χ3v) is 4.43. The van der Waals surface area contributed by atoms with Crippen LogP contribution in [-0.4, -0.2) is 0 Å². The Labute approximate surface area is 121 Å². The van der Waals surface area contributed by atoms with Crippen LogP contribution < -0.4 is 5.73 Å². The first-order chi connectivity index (χ1) is 8.49. The summed E-state index contributed by atoms with van der Waals surface area (Å²) < 4.78 is 0.889. The van der Waals surface area contributed by atoms with Crippen LogP contribution in [-0.2, 0) is 0 Å². The molecule has 2 N–H and O–H groups in total. The summed E-state index contributed by atoms with van der Waals surface area (Å²) >= 11 is 9.48. The van der Waals surface area contributed by atoms with E-state index in [1.54, 1.807) is 0 Å². The number of aryl methyl sites for hydroxylation is 2. The Morgan fingerprint density at radius 1 is 1.00 bits per heavy atom. The quantitative estimate of drug-likeness (QED) is 0.846. The van der Waals surface area contributed by atoms with Crippen LogP contribution in [0.3, 0.4) is 0 Å². The molecule has 2 rings (SSSR count). The Bertz CT molecular complexity index is 529. The van der Waals surface area contributed by atoms with Gasteiger partial charge in [-0.15, -0.1) is 0 Å². The second kappa shape index (κ2) is 5.43. The minimum atomic E-state index is -0.144. The number of hydrogen-bond acceptors (Lipinski definition) is 1. The molecular weight excluding hydrogens is 310 g/mol. The van der Waals surface area contributed by atoms with Gasteiger partial charge in [0.25, 0.3) is 0 Å². The zero-order valence-corrected chi connectivity index (χ0v) is 12.7. The Hall–Kier alpha value is -0.830. The first kappa shape index (κ1) is 13.6. The van der Waals surface area contributed by atoms with Gasteiger partial charge in [0.1, 0.15) is 0 Å². The van der Waals surface area contributed by atoms with Gasteiger partial charge in [-0.2, -0.15) is 0 Å². The van der Waals surface area contributed by atoms with Crippen LogP contribution in [0.15, 0.2) is 40.9 Å². The SMILES string of the molecule is Cc1ccc(C(N)c2ccc(Br)c(Cl)c2)cc1C. The van der Waals surface area contributed by atoms with E-state index in [0.29, 0.717) is 5.02 Å². The predicted octanol–water partition coefficient (Wildman–Crippen LogP) is 4.77. The van der Waals surface area contributed by atoms with Crippen LogP contribution in [0.25, 0.3) is 0 Å². The maximum absolute atomic E-state index is 6.28. The van der Waals surface area contributed by atoms with Crippen molar-refractivity contribution in [3.8, 4) is 0 Å². The zero-order valence-electron chi connectivity index (χ0n) is 10.4. The fraction of sp³-hybridized carbons (Fsp3) is 0.200. The van der Waals surface area contributed by atoms with Gasteiger partial charge in [0.05, 0.1) is 11.1 Å². The van der Waals surface area contributed by atoms with E-state index < -0.39 is 0 Å². The maximum atomic E-state index is 6.28. The fourth-order valence-corrected chi connectivity index (χ4v) is 2.29. The van der Waals surface area contributed by atoms with Gasteiger partial charge in [-0.1, -0.05) is 35.9 Å². The second-order valence-corrected chi connectivity index (χ2v) is 5.76. The Kier molecular flexibility index (Phi) is 4.10. The van der Waals surface area contributed by atoms with Crippen LogP contribution in [0.5, 0.6) is 0 Å². The predicted molar refractivity (Wildman–Crippen MR) is 81.1 cm³/mol. The molecule has 94 valence electrons. The number of hydrogen-bond donors (Lipinski definition) is 1. The van der Waals surface area contributed by atoms with Crippen molar-refractivity contribution in [1.82, 2.24) is 0 Å². The summed E-state index contributed by atoms with van der Waals surface area (Å²) in [5, 5.41) is 0.687. The highest BCUT2D eigenvalue weighted by atomic mass is 79.9. The lowest BCUT2D eigenvalue weighted by molar-refractivity contribution is 0.868. The summed E-state index contributed by atoms with van der Waals surface area (Å²) in [5.41, 5.74) is 10.9. The number of halogens is 2. The van der Waals surface area contributed by atoms with Gasteiger partial charge in [0, 0.05) is 4.47 Å². The smallest absolute Gasteiger partial charge is 0.0552 e. The van der Waals surface area contributed by atoms with Crippen molar-refractivity contribution >= 4 is 27.5 Å². The molecular formula is C15H15BrClN. The molecule has 0 aliphatic carbocycles. The normalized spacial score (nSPS) is 12.5. The number of benzene rings is 2. The van der Waals surface area contributed by atoms with Crippen molar-refractivity contribution < 1.29 is 0 Å². The van der Waals surface area contributed by atoms with E-state index in [0.717, 1.165) is 15.6 Å². The van der Waals surface area contributed by atoms with Crippen LogP contribution in [0.2, 0.25) is 5.02 Å². The lowest BCUT2D eigenvalue weighted by Gasteiger charge is -2.15. The summed E-state index contributed by atoms with van der Waals surface area (Å²) in [6.45, 7) is 4.20. The van der Waals surface area contributed by atoms with E-state index in [1.165, 1.54) is 11.1 Å². The molecule has 0 radical (unpaired) electrons. The van der Waals surface area contributed by atoms with E-state index in [1.807, 2.05) is 18.2 Å². The van der Waals surface area contributed by atoms with Crippen molar-refractivity contribution in [2.45, 2.75) is 19.9 Å². The molecule has 0 aliphatic rings. The molecule has 1 nitrogen and oxygen atoms in total. The van der Waals surface area contributed by atoms with Crippen molar-refractivity contribution in [1.29, 1.82) is 0 Å².